The van der Waals surface area contributed by atoms with Crippen molar-refractivity contribution >= 4 is 37.4 Å². The first-order valence-corrected chi connectivity index (χ1v) is 14.0. The fraction of sp³-hybridized carbons (Fsp3) is 0.280. The molecule has 0 bridgehead atoms. The zero-order valence-electron chi connectivity index (χ0n) is 19.5. The van der Waals surface area contributed by atoms with Crippen LogP contribution in [-0.2, 0) is 16.2 Å². The molecule has 2 heterocycles. The molecular weight excluding hydrogens is 571 g/mol. The second-order valence-electron chi connectivity index (χ2n) is 8.82. The molecule has 194 valence electrons. The number of hydrogen-bond acceptors (Lipinski definition) is 5. The fourth-order valence-electron chi connectivity index (χ4n) is 4.30. The van der Waals surface area contributed by atoms with Crippen LogP contribution in [-0.4, -0.2) is 36.1 Å². The highest BCUT2D eigenvalue weighted by atomic mass is 79.9. The number of alkyl halides is 3. The Hall–Kier alpha value is -2.96. The van der Waals surface area contributed by atoms with E-state index in [-0.39, 0.29) is 13.1 Å². The van der Waals surface area contributed by atoms with E-state index in [9.17, 15) is 21.6 Å². The summed E-state index contributed by atoms with van der Waals surface area (Å²) in [6.07, 6.45) is 0.501. The summed E-state index contributed by atoms with van der Waals surface area (Å²) in [5, 5.41) is 7.53. The minimum atomic E-state index is -4.63. The molecule has 12 heteroatoms. The molecule has 2 aromatic heterocycles. The summed E-state index contributed by atoms with van der Waals surface area (Å²) in [5.74, 6) is 1.11. The number of nitrogens with one attached hydrogen (secondary N) is 2. The Morgan fingerprint density at radius 2 is 1.84 bits per heavy atom. The van der Waals surface area contributed by atoms with Crippen LogP contribution in [0.1, 0.15) is 36.3 Å². The second-order valence-corrected chi connectivity index (χ2v) is 11.4. The summed E-state index contributed by atoms with van der Waals surface area (Å²) in [6, 6.07) is 13.7. The molecule has 1 saturated carbocycles. The Bertz CT molecular complexity index is 1550. The third kappa shape index (κ3) is 5.36. The smallest absolute Gasteiger partial charge is 0.369 e. The van der Waals surface area contributed by atoms with Crippen LogP contribution in [0.4, 0.5) is 19.0 Å². The van der Waals surface area contributed by atoms with Crippen molar-refractivity contribution in [3.63, 3.8) is 0 Å². The zero-order valence-corrected chi connectivity index (χ0v) is 21.9. The highest BCUT2D eigenvalue weighted by Crippen LogP contribution is 2.41. The molecule has 0 saturated heterocycles. The van der Waals surface area contributed by atoms with E-state index in [4.69, 9.17) is 4.98 Å². The van der Waals surface area contributed by atoms with Gasteiger partial charge in [0.05, 0.1) is 26.8 Å². The average Bonchev–Trinajstić information content (AvgIpc) is 3.21. The lowest BCUT2D eigenvalue weighted by molar-refractivity contribution is -0.137. The van der Waals surface area contributed by atoms with Crippen molar-refractivity contribution in [1.29, 1.82) is 0 Å². The van der Waals surface area contributed by atoms with Crippen molar-refractivity contribution in [3.8, 4) is 11.3 Å². The topological polar surface area (TPSA) is 88.4 Å². The van der Waals surface area contributed by atoms with Gasteiger partial charge in [-0.15, -0.1) is 0 Å². The predicted octanol–water partition coefficient (Wildman–Crippen LogP) is 5.84. The average molecular weight is 594 g/mol. The van der Waals surface area contributed by atoms with Crippen molar-refractivity contribution < 1.29 is 21.6 Å². The monoisotopic (exact) mass is 593 g/mol. The van der Waals surface area contributed by atoms with E-state index in [1.807, 2.05) is 24.3 Å². The van der Waals surface area contributed by atoms with E-state index in [0.29, 0.717) is 27.9 Å². The molecule has 0 atom stereocenters. The number of nitrogens with zero attached hydrogens (tertiary/aromatic N) is 3. The number of anilines is 1. The van der Waals surface area contributed by atoms with Crippen LogP contribution in [0.15, 0.2) is 70.2 Å². The van der Waals surface area contributed by atoms with E-state index >= 15 is 0 Å². The molecule has 0 radical (unpaired) electrons. The lowest BCUT2D eigenvalue weighted by Crippen LogP contribution is -2.29. The molecule has 1 aliphatic carbocycles. The van der Waals surface area contributed by atoms with Crippen LogP contribution in [0.3, 0.4) is 0 Å². The van der Waals surface area contributed by atoms with Crippen LogP contribution in [0, 0.1) is 0 Å². The largest absolute Gasteiger partial charge is 0.416 e. The van der Waals surface area contributed by atoms with E-state index in [1.165, 1.54) is 12.0 Å². The third-order valence-electron chi connectivity index (χ3n) is 6.41. The van der Waals surface area contributed by atoms with Gasteiger partial charge in [-0.25, -0.2) is 18.1 Å². The Labute approximate surface area is 220 Å². The summed E-state index contributed by atoms with van der Waals surface area (Å²) < 4.78 is 68.8. The van der Waals surface area contributed by atoms with Crippen molar-refractivity contribution in [2.24, 2.45) is 0 Å². The van der Waals surface area contributed by atoms with Crippen LogP contribution in [0.2, 0.25) is 0 Å². The molecule has 2 N–H and O–H groups in total. The normalized spacial score (nSPS) is 14.6. The van der Waals surface area contributed by atoms with Crippen molar-refractivity contribution in [2.45, 2.75) is 36.3 Å². The quantitative estimate of drug-likeness (QED) is 0.251. The number of hydrogen-bond donors (Lipinski definition) is 2. The van der Waals surface area contributed by atoms with Crippen LogP contribution >= 0.6 is 15.9 Å². The first kappa shape index (κ1) is 25.7. The minimum Gasteiger partial charge on any atom is -0.369 e. The van der Waals surface area contributed by atoms with E-state index in [1.54, 1.807) is 10.7 Å². The Morgan fingerprint density at radius 1 is 1.05 bits per heavy atom. The van der Waals surface area contributed by atoms with Gasteiger partial charge in [-0.05, 0) is 58.5 Å². The third-order valence-corrected chi connectivity index (χ3v) is 8.42. The molecule has 7 nitrogen and oxygen atoms in total. The standard InChI is InChI=1S/C25H23BrF3N5O2S/c26-21-15-31-34-23(14-22(33-24(21)34)20-10-2-1-9-19(20)16-5-3-6-16)30-11-12-32-37(35,36)18-8-4-7-17(13-18)25(27,28)29/h1-2,4,7-10,13-16,30,32H,3,5-6,11-12H2. The number of rotatable bonds is 8. The van der Waals surface area contributed by atoms with Gasteiger partial charge in [-0.2, -0.15) is 22.8 Å². The minimum absolute atomic E-state index is 0.0567. The van der Waals surface area contributed by atoms with Gasteiger partial charge >= 0.3 is 6.18 Å². The first-order chi connectivity index (χ1) is 17.6. The summed E-state index contributed by atoms with van der Waals surface area (Å²) in [7, 11) is -4.13. The molecule has 4 aromatic rings. The van der Waals surface area contributed by atoms with Gasteiger partial charge in [0.2, 0.25) is 10.0 Å². The van der Waals surface area contributed by atoms with Crippen molar-refractivity contribution in [2.75, 3.05) is 18.4 Å². The van der Waals surface area contributed by atoms with Gasteiger partial charge in [0, 0.05) is 24.7 Å². The number of halogens is 4. The van der Waals surface area contributed by atoms with E-state index < -0.39 is 26.7 Å². The number of aromatic nitrogens is 3. The summed E-state index contributed by atoms with van der Waals surface area (Å²) in [4.78, 5) is 4.37. The van der Waals surface area contributed by atoms with Crippen molar-refractivity contribution in [3.05, 3.63) is 76.4 Å². The molecule has 1 aliphatic rings. The Kier molecular flexibility index (Phi) is 6.99. The zero-order chi connectivity index (χ0) is 26.2. The van der Waals surface area contributed by atoms with Gasteiger partial charge in [0.1, 0.15) is 5.82 Å². The van der Waals surface area contributed by atoms with Gasteiger partial charge in [0.15, 0.2) is 5.65 Å². The van der Waals surface area contributed by atoms with Gasteiger partial charge < -0.3 is 5.32 Å². The maximum Gasteiger partial charge on any atom is 0.416 e. The molecule has 2 aromatic carbocycles. The highest BCUT2D eigenvalue weighted by molar-refractivity contribution is 9.10. The second kappa shape index (κ2) is 10.1. The Morgan fingerprint density at radius 3 is 2.57 bits per heavy atom. The highest BCUT2D eigenvalue weighted by Gasteiger charge is 2.31. The van der Waals surface area contributed by atoms with Crippen LogP contribution in [0.25, 0.3) is 16.9 Å². The number of benzene rings is 2. The van der Waals surface area contributed by atoms with Gasteiger partial charge in [-0.1, -0.05) is 36.8 Å². The lowest BCUT2D eigenvalue weighted by atomic mass is 9.78. The molecule has 0 unspecified atom stereocenters. The number of fused-ring (bicyclic) bond motifs is 1. The van der Waals surface area contributed by atoms with Crippen LogP contribution < -0.4 is 10.0 Å². The maximum absolute atomic E-state index is 13.0. The maximum atomic E-state index is 13.0. The molecule has 0 spiro atoms. The lowest BCUT2D eigenvalue weighted by Gasteiger charge is -2.28. The van der Waals surface area contributed by atoms with Crippen LogP contribution in [0.5, 0.6) is 0 Å². The SMILES string of the molecule is O=S(=O)(NCCNc1cc(-c2ccccc2C2CCC2)nc2c(Br)cnn12)c1cccc(C(F)(F)F)c1. The fourth-order valence-corrected chi connectivity index (χ4v) is 5.73. The summed E-state index contributed by atoms with van der Waals surface area (Å²) in [6.45, 7) is 0.108. The molecule has 1 fully saturated rings. The molecule has 0 amide bonds. The molecule has 0 aliphatic heterocycles. The van der Waals surface area contributed by atoms with Gasteiger partial charge in [-0.3, -0.25) is 0 Å². The predicted molar refractivity (Wildman–Crippen MR) is 138 cm³/mol. The molecule has 5 rings (SSSR count). The molecular formula is C25H23BrF3N5O2S. The van der Waals surface area contributed by atoms with E-state index in [2.05, 4.69) is 37.1 Å². The Balaban J connectivity index is 1.35. The summed E-state index contributed by atoms with van der Waals surface area (Å²) in [5.41, 5.74) is 2.64. The molecule has 37 heavy (non-hydrogen) atoms. The number of sulfonamides is 1. The van der Waals surface area contributed by atoms with Crippen molar-refractivity contribution in [1.82, 2.24) is 19.3 Å². The van der Waals surface area contributed by atoms with Gasteiger partial charge in [0.25, 0.3) is 0 Å². The van der Waals surface area contributed by atoms with E-state index in [0.717, 1.165) is 42.3 Å². The first-order valence-electron chi connectivity index (χ1n) is 11.7. The summed E-state index contributed by atoms with van der Waals surface area (Å²) >= 11 is 3.49.